The Morgan fingerprint density at radius 2 is 2.11 bits per heavy atom. The Kier molecular flexibility index (Phi) is 3.64. The first-order valence-electron chi connectivity index (χ1n) is 5.62. The van der Waals surface area contributed by atoms with Crippen molar-refractivity contribution in [2.24, 2.45) is 5.84 Å². The van der Waals surface area contributed by atoms with E-state index in [4.69, 9.17) is 5.84 Å². The fraction of sp³-hybridized carbons (Fsp3) is 0.231. The first-order valence-corrected chi connectivity index (χ1v) is 5.62. The standard InChI is InChI=1S/C13H15FN4/c1-8-5-9(2)12(10(14)6-8)13(18-15)11-3-4-16-7-17-11/h3-7,13,18H,15H2,1-2H3. The molecule has 1 heterocycles. The van der Waals surface area contributed by atoms with Crippen molar-refractivity contribution < 1.29 is 4.39 Å². The van der Waals surface area contributed by atoms with Crippen molar-refractivity contribution in [2.45, 2.75) is 19.9 Å². The van der Waals surface area contributed by atoms with Crippen LogP contribution in [0.1, 0.15) is 28.4 Å². The summed E-state index contributed by atoms with van der Waals surface area (Å²) in [6.45, 7) is 3.71. The molecule has 0 aliphatic heterocycles. The molecule has 3 N–H and O–H groups in total. The van der Waals surface area contributed by atoms with Crippen molar-refractivity contribution >= 4 is 0 Å². The van der Waals surface area contributed by atoms with Gasteiger partial charge in [0.05, 0.1) is 11.7 Å². The average molecular weight is 246 g/mol. The summed E-state index contributed by atoms with van der Waals surface area (Å²) in [6.07, 6.45) is 3.02. The van der Waals surface area contributed by atoms with Gasteiger partial charge in [0.1, 0.15) is 12.1 Å². The number of hydrazine groups is 1. The van der Waals surface area contributed by atoms with Crippen LogP contribution in [0, 0.1) is 19.7 Å². The van der Waals surface area contributed by atoms with E-state index in [9.17, 15) is 4.39 Å². The zero-order chi connectivity index (χ0) is 13.1. The maximum absolute atomic E-state index is 14.1. The normalized spacial score (nSPS) is 12.4. The van der Waals surface area contributed by atoms with E-state index < -0.39 is 6.04 Å². The third-order valence-corrected chi connectivity index (χ3v) is 2.84. The Bertz CT molecular complexity index is 519. The molecule has 1 atom stereocenters. The Hall–Kier alpha value is -1.85. The largest absolute Gasteiger partial charge is 0.271 e. The summed E-state index contributed by atoms with van der Waals surface area (Å²) < 4.78 is 14.1. The van der Waals surface area contributed by atoms with Gasteiger partial charge in [0.25, 0.3) is 0 Å². The Morgan fingerprint density at radius 3 is 2.67 bits per heavy atom. The highest BCUT2D eigenvalue weighted by Crippen LogP contribution is 2.26. The third kappa shape index (κ3) is 2.37. The lowest BCUT2D eigenvalue weighted by atomic mass is 9.96. The van der Waals surface area contributed by atoms with E-state index in [1.165, 1.54) is 12.4 Å². The van der Waals surface area contributed by atoms with Gasteiger partial charge in [-0.2, -0.15) is 0 Å². The molecule has 0 bridgehead atoms. The molecule has 2 aromatic rings. The molecular weight excluding hydrogens is 231 g/mol. The lowest BCUT2D eigenvalue weighted by Gasteiger charge is -2.19. The second-order valence-corrected chi connectivity index (χ2v) is 4.21. The van der Waals surface area contributed by atoms with Crippen LogP contribution in [0.15, 0.2) is 30.7 Å². The molecule has 0 aliphatic carbocycles. The van der Waals surface area contributed by atoms with E-state index in [1.54, 1.807) is 12.3 Å². The molecule has 0 spiro atoms. The highest BCUT2D eigenvalue weighted by atomic mass is 19.1. The second-order valence-electron chi connectivity index (χ2n) is 4.21. The number of hydrogen-bond acceptors (Lipinski definition) is 4. The summed E-state index contributed by atoms with van der Waals surface area (Å²) in [4.78, 5) is 7.95. The van der Waals surface area contributed by atoms with E-state index in [1.807, 2.05) is 19.9 Å². The van der Waals surface area contributed by atoms with E-state index in [-0.39, 0.29) is 5.82 Å². The topological polar surface area (TPSA) is 63.8 Å². The van der Waals surface area contributed by atoms with Crippen LogP contribution in [0.25, 0.3) is 0 Å². The number of rotatable bonds is 3. The maximum atomic E-state index is 14.1. The van der Waals surface area contributed by atoms with Crippen LogP contribution in [0.5, 0.6) is 0 Å². The summed E-state index contributed by atoms with van der Waals surface area (Å²) in [7, 11) is 0. The lowest BCUT2D eigenvalue weighted by molar-refractivity contribution is 0.548. The number of nitrogens with two attached hydrogens (primary N) is 1. The maximum Gasteiger partial charge on any atom is 0.128 e. The zero-order valence-corrected chi connectivity index (χ0v) is 10.3. The molecule has 0 aliphatic rings. The smallest absolute Gasteiger partial charge is 0.128 e. The number of benzene rings is 1. The first-order chi connectivity index (χ1) is 8.63. The molecule has 0 saturated carbocycles. The van der Waals surface area contributed by atoms with Gasteiger partial charge in [-0.15, -0.1) is 0 Å². The van der Waals surface area contributed by atoms with Gasteiger partial charge in [-0.05, 0) is 37.1 Å². The van der Waals surface area contributed by atoms with Crippen molar-refractivity contribution in [3.8, 4) is 0 Å². The number of aromatic nitrogens is 2. The van der Waals surface area contributed by atoms with Gasteiger partial charge in [0.15, 0.2) is 0 Å². The van der Waals surface area contributed by atoms with Crippen molar-refractivity contribution in [3.05, 3.63) is 58.9 Å². The van der Waals surface area contributed by atoms with Crippen molar-refractivity contribution in [1.29, 1.82) is 0 Å². The number of hydrogen-bond donors (Lipinski definition) is 2. The summed E-state index contributed by atoms with van der Waals surface area (Å²) in [6, 6.07) is 4.65. The summed E-state index contributed by atoms with van der Waals surface area (Å²) in [5.74, 6) is 5.25. The van der Waals surface area contributed by atoms with Crippen molar-refractivity contribution in [1.82, 2.24) is 15.4 Å². The minimum atomic E-state index is -0.478. The molecule has 5 heteroatoms. The molecule has 1 unspecified atom stereocenters. The van der Waals surface area contributed by atoms with Crippen LogP contribution in [0.2, 0.25) is 0 Å². The van der Waals surface area contributed by atoms with Gasteiger partial charge >= 0.3 is 0 Å². The SMILES string of the molecule is Cc1cc(C)c(C(NN)c2ccncn2)c(F)c1. The predicted octanol–water partition coefficient (Wildman–Crippen LogP) is 1.79. The van der Waals surface area contributed by atoms with Crippen LogP contribution >= 0.6 is 0 Å². The molecule has 18 heavy (non-hydrogen) atoms. The highest BCUT2D eigenvalue weighted by Gasteiger charge is 2.20. The van der Waals surface area contributed by atoms with Gasteiger partial charge in [-0.25, -0.2) is 19.8 Å². The highest BCUT2D eigenvalue weighted by molar-refractivity contribution is 5.37. The van der Waals surface area contributed by atoms with E-state index in [2.05, 4.69) is 15.4 Å². The molecule has 0 radical (unpaired) electrons. The fourth-order valence-electron chi connectivity index (χ4n) is 2.08. The molecule has 0 amide bonds. The van der Waals surface area contributed by atoms with Crippen molar-refractivity contribution in [2.75, 3.05) is 0 Å². The lowest BCUT2D eigenvalue weighted by Crippen LogP contribution is -2.30. The Labute approximate surface area is 105 Å². The van der Waals surface area contributed by atoms with Crippen molar-refractivity contribution in [3.63, 3.8) is 0 Å². The minimum absolute atomic E-state index is 0.283. The van der Waals surface area contributed by atoms with Gasteiger partial charge in [-0.1, -0.05) is 6.07 Å². The van der Waals surface area contributed by atoms with Gasteiger partial charge < -0.3 is 0 Å². The van der Waals surface area contributed by atoms with Crippen LogP contribution in [-0.4, -0.2) is 9.97 Å². The number of aryl methyl sites for hydroxylation is 2. The third-order valence-electron chi connectivity index (χ3n) is 2.84. The zero-order valence-electron chi connectivity index (χ0n) is 10.3. The van der Waals surface area contributed by atoms with Crippen LogP contribution in [-0.2, 0) is 0 Å². The molecule has 4 nitrogen and oxygen atoms in total. The molecular formula is C13H15FN4. The summed E-state index contributed by atoms with van der Waals surface area (Å²) >= 11 is 0. The predicted molar refractivity (Wildman–Crippen MR) is 67.1 cm³/mol. The van der Waals surface area contributed by atoms with E-state index in [0.717, 1.165) is 11.1 Å². The average Bonchev–Trinajstić information content (AvgIpc) is 2.34. The molecule has 1 aromatic heterocycles. The Morgan fingerprint density at radius 1 is 1.33 bits per heavy atom. The summed E-state index contributed by atoms with van der Waals surface area (Å²) in [5, 5.41) is 0. The van der Waals surface area contributed by atoms with Crippen LogP contribution in [0.3, 0.4) is 0 Å². The summed E-state index contributed by atoms with van der Waals surface area (Å²) in [5.41, 5.74) is 5.48. The molecule has 1 aromatic carbocycles. The Balaban J connectivity index is 2.52. The second kappa shape index (κ2) is 5.20. The van der Waals surface area contributed by atoms with Gasteiger partial charge in [-0.3, -0.25) is 5.84 Å². The van der Waals surface area contributed by atoms with Gasteiger partial charge in [0.2, 0.25) is 0 Å². The van der Waals surface area contributed by atoms with Crippen LogP contribution in [0.4, 0.5) is 4.39 Å². The van der Waals surface area contributed by atoms with Gasteiger partial charge in [0, 0.05) is 11.8 Å². The van der Waals surface area contributed by atoms with E-state index in [0.29, 0.717) is 11.3 Å². The number of nitrogens with zero attached hydrogens (tertiary/aromatic N) is 2. The molecule has 2 rings (SSSR count). The van der Waals surface area contributed by atoms with E-state index >= 15 is 0 Å². The number of halogens is 1. The fourth-order valence-corrected chi connectivity index (χ4v) is 2.08. The van der Waals surface area contributed by atoms with Crippen LogP contribution < -0.4 is 11.3 Å². The molecule has 0 fully saturated rings. The first kappa shape index (κ1) is 12.6. The molecule has 94 valence electrons. The number of nitrogens with one attached hydrogen (secondary N) is 1. The monoisotopic (exact) mass is 246 g/mol. The minimum Gasteiger partial charge on any atom is -0.271 e. The molecule has 0 saturated heterocycles. The quantitative estimate of drug-likeness (QED) is 0.640.